The van der Waals surface area contributed by atoms with Crippen LogP contribution < -0.4 is 21.3 Å². The molecule has 3 amide bonds. The molecule has 0 radical (unpaired) electrons. The Morgan fingerprint density at radius 2 is 1.58 bits per heavy atom. The second-order valence-electron chi connectivity index (χ2n) is 6.03. The van der Waals surface area contributed by atoms with Crippen LogP contribution in [-0.4, -0.2) is 80.4 Å². The third kappa shape index (κ3) is 9.82. The molecule has 8 heteroatoms. The molecular formula is C16H33N5O3. The summed E-state index contributed by atoms with van der Waals surface area (Å²) in [6.45, 7) is 8.53. The lowest BCUT2D eigenvalue weighted by atomic mass is 10.1. The van der Waals surface area contributed by atoms with E-state index in [9.17, 15) is 14.7 Å². The third-order valence-corrected chi connectivity index (χ3v) is 3.96. The number of hydrogen-bond acceptors (Lipinski definition) is 6. The van der Waals surface area contributed by atoms with Crippen molar-refractivity contribution in [1.82, 2.24) is 26.2 Å². The van der Waals surface area contributed by atoms with Gasteiger partial charge >= 0.3 is 6.03 Å². The molecule has 1 heterocycles. The highest BCUT2D eigenvalue weighted by Crippen LogP contribution is 2.09. The average Bonchev–Trinajstić information content (AvgIpc) is 2.57. The molecule has 0 aromatic rings. The smallest absolute Gasteiger partial charge is 0.324 e. The number of likely N-dealkylation sites (N-methyl/N-ethyl adjacent to an activating group) is 1. The zero-order valence-corrected chi connectivity index (χ0v) is 14.8. The molecule has 1 aliphatic heterocycles. The Kier molecular flexibility index (Phi) is 11.4. The lowest BCUT2D eigenvalue weighted by Gasteiger charge is -2.29. The number of rotatable bonds is 11. The molecule has 8 nitrogen and oxygen atoms in total. The predicted molar refractivity (Wildman–Crippen MR) is 93.9 cm³/mol. The van der Waals surface area contributed by atoms with Gasteiger partial charge in [-0.15, -0.1) is 0 Å². The van der Waals surface area contributed by atoms with E-state index >= 15 is 0 Å². The Balaban J connectivity index is 1.93. The number of urea groups is 1. The maximum Gasteiger partial charge on any atom is 0.324 e. The fourth-order valence-electron chi connectivity index (χ4n) is 2.48. The van der Waals surface area contributed by atoms with E-state index in [1.807, 2.05) is 0 Å². The minimum atomic E-state index is -0.343. The number of hydrogen-bond donors (Lipinski definition) is 5. The molecule has 24 heavy (non-hydrogen) atoms. The van der Waals surface area contributed by atoms with Crippen LogP contribution in [0.5, 0.6) is 0 Å². The molecule has 0 unspecified atom stereocenters. The number of carbonyl (C=O) groups excluding carboxylic acids is 2. The van der Waals surface area contributed by atoms with Crippen molar-refractivity contribution in [2.45, 2.75) is 38.7 Å². The molecule has 1 aliphatic rings. The summed E-state index contributed by atoms with van der Waals surface area (Å²) in [6, 6.07) is -0.343. The van der Waals surface area contributed by atoms with Crippen molar-refractivity contribution in [1.29, 1.82) is 0 Å². The van der Waals surface area contributed by atoms with E-state index in [-0.39, 0.29) is 18.0 Å². The highest BCUT2D eigenvalue weighted by molar-refractivity contribution is 5.94. The number of amides is 3. The fraction of sp³-hybridized carbons (Fsp3) is 0.875. The Hall–Kier alpha value is -1.22. The van der Waals surface area contributed by atoms with Gasteiger partial charge in [0.05, 0.1) is 6.10 Å². The van der Waals surface area contributed by atoms with Crippen LogP contribution in [0.15, 0.2) is 0 Å². The summed E-state index contributed by atoms with van der Waals surface area (Å²) in [5, 5.41) is 21.6. The van der Waals surface area contributed by atoms with Crippen LogP contribution in [0.4, 0.5) is 4.79 Å². The van der Waals surface area contributed by atoms with Crippen LogP contribution in [0.3, 0.4) is 0 Å². The van der Waals surface area contributed by atoms with Crippen molar-refractivity contribution < 1.29 is 14.7 Å². The average molecular weight is 343 g/mol. The SMILES string of the molecule is CCNCCNCCNCCCC(=O)NC(=O)N1CCC(O)CC1. The van der Waals surface area contributed by atoms with Gasteiger partial charge in [-0.3, -0.25) is 10.1 Å². The first kappa shape index (κ1) is 20.8. The molecule has 1 saturated heterocycles. The molecule has 1 fully saturated rings. The molecule has 0 saturated carbocycles. The number of aliphatic hydroxyl groups excluding tert-OH is 1. The minimum Gasteiger partial charge on any atom is -0.393 e. The highest BCUT2D eigenvalue weighted by Gasteiger charge is 2.22. The molecule has 140 valence electrons. The molecule has 0 atom stereocenters. The van der Waals surface area contributed by atoms with Crippen molar-refractivity contribution in [3.05, 3.63) is 0 Å². The van der Waals surface area contributed by atoms with Gasteiger partial charge in [0.15, 0.2) is 0 Å². The summed E-state index contributed by atoms with van der Waals surface area (Å²) in [6.07, 6.45) is 1.87. The van der Waals surface area contributed by atoms with Gasteiger partial charge in [-0.2, -0.15) is 0 Å². The highest BCUT2D eigenvalue weighted by atomic mass is 16.3. The predicted octanol–water partition coefficient (Wildman–Crippen LogP) is -0.752. The lowest BCUT2D eigenvalue weighted by Crippen LogP contribution is -2.47. The monoisotopic (exact) mass is 343 g/mol. The van der Waals surface area contributed by atoms with E-state index in [0.29, 0.717) is 38.8 Å². The summed E-state index contributed by atoms with van der Waals surface area (Å²) in [7, 11) is 0. The Morgan fingerprint density at radius 3 is 2.21 bits per heavy atom. The Bertz CT molecular complexity index is 360. The van der Waals surface area contributed by atoms with Gasteiger partial charge < -0.3 is 26.0 Å². The van der Waals surface area contributed by atoms with Gasteiger partial charge in [0.2, 0.25) is 5.91 Å². The largest absolute Gasteiger partial charge is 0.393 e. The maximum atomic E-state index is 11.9. The van der Waals surface area contributed by atoms with Crippen molar-refractivity contribution in [2.24, 2.45) is 0 Å². The topological polar surface area (TPSA) is 106 Å². The van der Waals surface area contributed by atoms with Gasteiger partial charge in [0.25, 0.3) is 0 Å². The van der Waals surface area contributed by atoms with Crippen molar-refractivity contribution >= 4 is 11.9 Å². The molecule has 0 aromatic heterocycles. The number of aliphatic hydroxyl groups is 1. The molecule has 0 spiro atoms. The minimum absolute atomic E-state index is 0.239. The van der Waals surface area contributed by atoms with Crippen molar-refractivity contribution in [3.63, 3.8) is 0 Å². The maximum absolute atomic E-state index is 11.9. The molecule has 5 N–H and O–H groups in total. The second kappa shape index (κ2) is 13.1. The van der Waals surface area contributed by atoms with E-state index in [2.05, 4.69) is 28.2 Å². The van der Waals surface area contributed by atoms with E-state index in [1.54, 1.807) is 4.90 Å². The first-order valence-electron chi connectivity index (χ1n) is 9.02. The van der Waals surface area contributed by atoms with Gasteiger partial charge in [0.1, 0.15) is 0 Å². The summed E-state index contributed by atoms with van der Waals surface area (Å²) >= 11 is 0. The van der Waals surface area contributed by atoms with E-state index in [4.69, 9.17) is 0 Å². The number of nitrogens with zero attached hydrogens (tertiary/aromatic N) is 1. The molecule has 0 aromatic carbocycles. The van der Waals surface area contributed by atoms with Crippen LogP contribution in [0, 0.1) is 0 Å². The van der Waals surface area contributed by atoms with Gasteiger partial charge in [-0.25, -0.2) is 4.79 Å². The van der Waals surface area contributed by atoms with Crippen LogP contribution in [-0.2, 0) is 4.79 Å². The Morgan fingerprint density at radius 1 is 1.00 bits per heavy atom. The van der Waals surface area contributed by atoms with E-state index < -0.39 is 0 Å². The summed E-state index contributed by atoms with van der Waals surface area (Å²) in [4.78, 5) is 25.2. The standard InChI is InChI=1S/C16H33N5O3/c1-2-17-8-9-19-11-10-18-7-3-4-15(23)20-16(24)21-12-5-14(22)6-13-21/h14,17-19,22H,2-13H2,1H3,(H,20,23,24). The lowest BCUT2D eigenvalue weighted by molar-refractivity contribution is -0.120. The number of piperidine rings is 1. The zero-order valence-electron chi connectivity index (χ0n) is 14.8. The van der Waals surface area contributed by atoms with E-state index in [1.165, 1.54) is 0 Å². The van der Waals surface area contributed by atoms with Gasteiger partial charge in [-0.1, -0.05) is 6.92 Å². The number of nitrogens with one attached hydrogen (secondary N) is 4. The number of imide groups is 1. The molecule has 1 rings (SSSR count). The summed E-state index contributed by atoms with van der Waals surface area (Å²) in [5.74, 6) is -0.239. The van der Waals surface area contributed by atoms with Crippen molar-refractivity contribution in [3.8, 4) is 0 Å². The number of carbonyl (C=O) groups is 2. The zero-order chi connectivity index (χ0) is 17.6. The fourth-order valence-corrected chi connectivity index (χ4v) is 2.48. The first-order valence-corrected chi connectivity index (χ1v) is 9.02. The van der Waals surface area contributed by atoms with Gasteiger partial charge in [-0.05, 0) is 32.4 Å². The number of likely N-dealkylation sites (tertiary alicyclic amines) is 1. The first-order chi connectivity index (χ1) is 11.6. The normalized spacial score (nSPS) is 15.5. The Labute approximate surface area is 144 Å². The molecule has 0 bridgehead atoms. The second-order valence-corrected chi connectivity index (χ2v) is 6.03. The van der Waals surface area contributed by atoms with Crippen LogP contribution in [0.25, 0.3) is 0 Å². The van der Waals surface area contributed by atoms with Crippen LogP contribution in [0.1, 0.15) is 32.6 Å². The molecule has 0 aliphatic carbocycles. The van der Waals surface area contributed by atoms with Gasteiger partial charge in [0, 0.05) is 45.7 Å². The molecular weight excluding hydrogens is 310 g/mol. The summed E-state index contributed by atoms with van der Waals surface area (Å²) in [5.41, 5.74) is 0. The third-order valence-electron chi connectivity index (χ3n) is 3.96. The summed E-state index contributed by atoms with van der Waals surface area (Å²) < 4.78 is 0. The quantitative estimate of drug-likeness (QED) is 0.316. The van der Waals surface area contributed by atoms with Crippen LogP contribution >= 0.6 is 0 Å². The van der Waals surface area contributed by atoms with E-state index in [0.717, 1.165) is 39.3 Å². The van der Waals surface area contributed by atoms with Crippen LogP contribution in [0.2, 0.25) is 0 Å². The van der Waals surface area contributed by atoms with Crippen molar-refractivity contribution in [2.75, 3.05) is 52.4 Å².